The molecular weight excluding hydrogens is 211 g/mol. The van der Waals surface area contributed by atoms with Crippen molar-refractivity contribution in [1.29, 1.82) is 0 Å². The minimum absolute atomic E-state index is 0.0960. The maximum Gasteiger partial charge on any atom is 0.154 e. The first kappa shape index (κ1) is 11.8. The van der Waals surface area contributed by atoms with Gasteiger partial charge in [-0.15, -0.1) is 17.7 Å². The second-order valence-electron chi connectivity index (χ2n) is 2.88. The minimum Gasteiger partial charge on any atom is -0.298 e. The Hall–Kier alpha value is -1.27. The molecule has 0 spiro atoms. The average molecular weight is 222 g/mol. The number of rotatable bonds is 4. The Kier molecular flexibility index (Phi) is 4.92. The highest BCUT2D eigenvalue weighted by Crippen LogP contribution is 2.18. The molecule has 0 unspecified atom stereocenters. The topological polar surface area (TPSA) is 17.1 Å². The molecule has 78 valence electrons. The standard InChI is InChI=1S/C12H11FOS/c1-2-3-4-11(14)9-15-12-7-5-10(13)6-8-12/h5-8H,4,9H2,1H3. The normalized spacial score (nSPS) is 9.20. The van der Waals surface area contributed by atoms with Gasteiger partial charge in [0.1, 0.15) is 5.82 Å². The van der Waals surface area contributed by atoms with Crippen LogP contribution >= 0.6 is 11.8 Å². The average Bonchev–Trinajstić information content (AvgIpc) is 2.25. The van der Waals surface area contributed by atoms with E-state index < -0.39 is 0 Å². The summed E-state index contributed by atoms with van der Waals surface area (Å²) >= 11 is 1.40. The molecule has 0 aliphatic heterocycles. The van der Waals surface area contributed by atoms with Crippen molar-refractivity contribution in [2.24, 2.45) is 0 Å². The first-order valence-corrected chi connectivity index (χ1v) is 5.50. The maximum absolute atomic E-state index is 12.6. The summed E-state index contributed by atoms with van der Waals surface area (Å²) in [5.74, 6) is 5.62. The van der Waals surface area contributed by atoms with Crippen molar-refractivity contribution in [3.8, 4) is 11.8 Å². The Balaban J connectivity index is 2.39. The first-order chi connectivity index (χ1) is 7.22. The number of Topliss-reactive ketones (excluding diaryl/α,β-unsaturated/α-hetero) is 1. The van der Waals surface area contributed by atoms with Gasteiger partial charge >= 0.3 is 0 Å². The monoisotopic (exact) mass is 222 g/mol. The van der Waals surface area contributed by atoms with E-state index in [0.717, 1.165) is 4.90 Å². The van der Waals surface area contributed by atoms with E-state index >= 15 is 0 Å². The van der Waals surface area contributed by atoms with Gasteiger partial charge < -0.3 is 0 Å². The number of hydrogen-bond donors (Lipinski definition) is 0. The van der Waals surface area contributed by atoms with Crippen molar-refractivity contribution in [1.82, 2.24) is 0 Å². The Morgan fingerprint density at radius 2 is 2.07 bits per heavy atom. The van der Waals surface area contributed by atoms with Crippen molar-refractivity contribution in [2.75, 3.05) is 5.75 Å². The second-order valence-corrected chi connectivity index (χ2v) is 3.93. The first-order valence-electron chi connectivity index (χ1n) is 4.52. The second kappa shape index (κ2) is 6.26. The SMILES string of the molecule is CC#CCC(=O)CSc1ccc(F)cc1. The molecule has 0 N–H and O–H groups in total. The Morgan fingerprint density at radius 1 is 1.40 bits per heavy atom. The molecule has 0 aromatic heterocycles. The minimum atomic E-state index is -0.262. The highest BCUT2D eigenvalue weighted by atomic mass is 32.2. The van der Waals surface area contributed by atoms with Gasteiger partial charge in [-0.05, 0) is 31.2 Å². The Labute approximate surface area is 93.1 Å². The van der Waals surface area contributed by atoms with Crippen LogP contribution in [0.1, 0.15) is 13.3 Å². The summed E-state index contributed by atoms with van der Waals surface area (Å²) in [6.07, 6.45) is 0.296. The Morgan fingerprint density at radius 3 is 2.67 bits per heavy atom. The van der Waals surface area contributed by atoms with E-state index in [2.05, 4.69) is 11.8 Å². The van der Waals surface area contributed by atoms with E-state index in [9.17, 15) is 9.18 Å². The maximum atomic E-state index is 12.6. The molecule has 1 rings (SSSR count). The molecule has 1 nitrogen and oxygen atoms in total. The summed E-state index contributed by atoms with van der Waals surface area (Å²) in [6, 6.07) is 6.11. The number of halogens is 1. The van der Waals surface area contributed by atoms with Gasteiger partial charge in [0.15, 0.2) is 5.78 Å². The van der Waals surface area contributed by atoms with Crippen LogP contribution in [-0.2, 0) is 4.79 Å². The molecule has 0 heterocycles. The zero-order valence-corrected chi connectivity index (χ0v) is 9.23. The Bertz CT molecular complexity index is 386. The van der Waals surface area contributed by atoms with E-state index in [0.29, 0.717) is 12.2 Å². The molecule has 0 aliphatic rings. The van der Waals surface area contributed by atoms with Gasteiger partial charge in [0.2, 0.25) is 0 Å². The fourth-order valence-corrected chi connectivity index (χ4v) is 1.69. The lowest BCUT2D eigenvalue weighted by Crippen LogP contribution is -1.99. The number of carbonyl (C=O) groups is 1. The third-order valence-electron chi connectivity index (χ3n) is 1.68. The smallest absolute Gasteiger partial charge is 0.154 e. The number of benzene rings is 1. The molecule has 0 fully saturated rings. The molecule has 0 saturated carbocycles. The van der Waals surface area contributed by atoms with Crippen molar-refractivity contribution >= 4 is 17.5 Å². The van der Waals surface area contributed by atoms with Gasteiger partial charge in [-0.25, -0.2) is 4.39 Å². The van der Waals surface area contributed by atoms with Crippen LogP contribution < -0.4 is 0 Å². The molecule has 3 heteroatoms. The third-order valence-corrected chi connectivity index (χ3v) is 2.75. The molecule has 0 aliphatic carbocycles. The van der Waals surface area contributed by atoms with Gasteiger partial charge in [-0.3, -0.25) is 4.79 Å². The summed E-state index contributed by atoms with van der Waals surface area (Å²) in [7, 11) is 0. The van der Waals surface area contributed by atoms with E-state index in [1.165, 1.54) is 23.9 Å². The summed E-state index contributed by atoms with van der Waals surface area (Å²) in [4.78, 5) is 12.1. The number of thioether (sulfide) groups is 1. The van der Waals surface area contributed by atoms with Gasteiger partial charge in [0.25, 0.3) is 0 Å². The molecule has 1 aromatic carbocycles. The van der Waals surface area contributed by atoms with E-state index in [1.54, 1.807) is 19.1 Å². The third kappa shape index (κ3) is 4.66. The lowest BCUT2D eigenvalue weighted by atomic mass is 10.3. The van der Waals surface area contributed by atoms with Crippen LogP contribution in [0.3, 0.4) is 0 Å². The van der Waals surface area contributed by atoms with Crippen molar-refractivity contribution in [2.45, 2.75) is 18.2 Å². The van der Waals surface area contributed by atoms with Gasteiger partial charge in [0.05, 0.1) is 12.2 Å². The summed E-state index contributed by atoms with van der Waals surface area (Å²) in [6.45, 7) is 1.71. The molecule has 0 radical (unpaired) electrons. The largest absolute Gasteiger partial charge is 0.298 e. The van der Waals surface area contributed by atoms with Gasteiger partial charge in [0, 0.05) is 4.90 Å². The van der Waals surface area contributed by atoms with Crippen LogP contribution in [0.2, 0.25) is 0 Å². The number of carbonyl (C=O) groups excluding carboxylic acids is 1. The fraction of sp³-hybridized carbons (Fsp3) is 0.250. The van der Waals surface area contributed by atoms with Crippen LogP contribution in [0, 0.1) is 17.7 Å². The molecule has 0 amide bonds. The van der Waals surface area contributed by atoms with E-state index in [-0.39, 0.29) is 11.6 Å². The molecule has 0 saturated heterocycles. The zero-order valence-electron chi connectivity index (χ0n) is 8.42. The molecule has 15 heavy (non-hydrogen) atoms. The fourth-order valence-electron chi connectivity index (χ4n) is 0.933. The van der Waals surface area contributed by atoms with Crippen molar-refractivity contribution in [3.05, 3.63) is 30.1 Å². The molecular formula is C12H11FOS. The lowest BCUT2D eigenvalue weighted by molar-refractivity contribution is -0.115. The van der Waals surface area contributed by atoms with Crippen LogP contribution in [0.25, 0.3) is 0 Å². The lowest BCUT2D eigenvalue weighted by Gasteiger charge is -1.98. The number of hydrogen-bond acceptors (Lipinski definition) is 2. The van der Waals surface area contributed by atoms with Gasteiger partial charge in [-0.2, -0.15) is 0 Å². The molecule has 1 aromatic rings. The summed E-state index contributed by atoms with van der Waals surface area (Å²) in [5.41, 5.74) is 0. The highest BCUT2D eigenvalue weighted by molar-refractivity contribution is 8.00. The van der Waals surface area contributed by atoms with E-state index in [1.807, 2.05) is 0 Å². The zero-order chi connectivity index (χ0) is 11.1. The highest BCUT2D eigenvalue weighted by Gasteiger charge is 2.01. The molecule has 0 atom stereocenters. The predicted octanol–water partition coefficient (Wildman–Crippen LogP) is 2.90. The predicted molar refractivity (Wildman–Crippen MR) is 60.2 cm³/mol. The quantitative estimate of drug-likeness (QED) is 0.575. The van der Waals surface area contributed by atoms with Crippen molar-refractivity contribution < 1.29 is 9.18 Å². The summed E-state index contributed by atoms with van der Waals surface area (Å²) in [5, 5.41) is 0. The van der Waals surface area contributed by atoms with Crippen LogP contribution in [0.5, 0.6) is 0 Å². The van der Waals surface area contributed by atoms with Crippen LogP contribution in [0.15, 0.2) is 29.2 Å². The molecule has 0 bridgehead atoms. The summed E-state index contributed by atoms with van der Waals surface area (Å²) < 4.78 is 12.6. The number of ketones is 1. The van der Waals surface area contributed by atoms with Crippen molar-refractivity contribution in [3.63, 3.8) is 0 Å². The van der Waals surface area contributed by atoms with E-state index in [4.69, 9.17) is 0 Å². The van der Waals surface area contributed by atoms with Crippen LogP contribution in [-0.4, -0.2) is 11.5 Å². The van der Waals surface area contributed by atoms with Crippen LogP contribution in [0.4, 0.5) is 4.39 Å². The van der Waals surface area contributed by atoms with Gasteiger partial charge in [-0.1, -0.05) is 5.92 Å².